The van der Waals surface area contributed by atoms with E-state index in [0.717, 1.165) is 22.4 Å². The first-order valence-electron chi connectivity index (χ1n) is 16.1. The number of hydrogen-bond acceptors (Lipinski definition) is 8. The third kappa shape index (κ3) is 7.20. The molecule has 0 bridgehead atoms. The lowest BCUT2D eigenvalue weighted by Crippen LogP contribution is -2.63. The van der Waals surface area contributed by atoms with E-state index in [1.165, 1.54) is 18.6 Å². The Bertz CT molecular complexity index is 1700. The second kappa shape index (κ2) is 13.1. The molecule has 3 heterocycles. The normalized spacial score (nSPS) is 18.7. The number of ether oxygens (including phenoxy) is 1. The highest BCUT2D eigenvalue weighted by molar-refractivity contribution is 6.74. The summed E-state index contributed by atoms with van der Waals surface area (Å²) < 4.78 is 39.9. The minimum absolute atomic E-state index is 0.0182. The van der Waals surface area contributed by atoms with Crippen molar-refractivity contribution in [3.05, 3.63) is 76.5 Å². The van der Waals surface area contributed by atoms with E-state index in [0.29, 0.717) is 49.8 Å². The van der Waals surface area contributed by atoms with Gasteiger partial charge in [-0.2, -0.15) is 4.73 Å². The fourth-order valence-corrected chi connectivity index (χ4v) is 7.29. The number of carbonyl (C=O) groups excluding carboxylic acids is 2. The topological polar surface area (TPSA) is 124 Å². The number of amides is 2. The number of nitrogens with zero attached hydrogens (tertiary/aromatic N) is 5. The molecule has 0 spiro atoms. The van der Waals surface area contributed by atoms with Crippen LogP contribution >= 0.6 is 0 Å². The van der Waals surface area contributed by atoms with Crippen molar-refractivity contribution in [2.75, 3.05) is 25.0 Å². The first kappa shape index (κ1) is 35.3. The van der Waals surface area contributed by atoms with E-state index < -0.39 is 31.5 Å². The van der Waals surface area contributed by atoms with E-state index in [1.54, 1.807) is 13.0 Å². The maximum Gasteiger partial charge on any atom is 0.255 e. The maximum absolute atomic E-state index is 14.1. The van der Waals surface area contributed by atoms with Gasteiger partial charge >= 0.3 is 0 Å². The number of hydrogen-bond donors (Lipinski definition) is 1. The average molecular weight is 683 g/mol. The Kier molecular flexibility index (Phi) is 9.65. The van der Waals surface area contributed by atoms with Crippen LogP contribution in [-0.4, -0.2) is 71.1 Å². The molecular weight excluding hydrogens is 638 g/mol. The molecule has 2 aliphatic rings. The molecule has 1 unspecified atom stereocenters. The molecule has 1 fully saturated rings. The largest absolute Gasteiger partial charge is 0.618 e. The average Bonchev–Trinajstić information content (AvgIpc) is 3.41. The number of nitrogens with one attached hydrogen (secondary N) is 1. The van der Waals surface area contributed by atoms with E-state index in [2.05, 4.69) is 49.1 Å². The van der Waals surface area contributed by atoms with Gasteiger partial charge in [0.25, 0.3) is 5.91 Å². The molecule has 258 valence electrons. The van der Waals surface area contributed by atoms with Crippen molar-refractivity contribution in [2.24, 2.45) is 0 Å². The van der Waals surface area contributed by atoms with Gasteiger partial charge in [-0.1, -0.05) is 20.8 Å². The number of rotatable bonds is 8. The number of anilines is 1. The highest BCUT2D eigenvalue weighted by Gasteiger charge is 2.46. The van der Waals surface area contributed by atoms with Crippen molar-refractivity contribution in [1.29, 1.82) is 0 Å². The molecule has 14 heteroatoms. The summed E-state index contributed by atoms with van der Waals surface area (Å²) in [7, 11) is -2.16. The van der Waals surface area contributed by atoms with Crippen molar-refractivity contribution < 1.29 is 32.3 Å². The Morgan fingerprint density at radius 2 is 1.88 bits per heavy atom. The standard InChI is InChI=1S/C34H44F2N6O5Si/c1-21(31(43)39-28-18-38-29(19-37-28)46-26-11-9-22(35)17-25(26)36)40-15-16-41(34(5,6)20-40)32(44)24-13-14-42(45)30-23(24)10-12-27(30)47-48(7,8)33(2,3)4/h9,11,13-14,17-19,21,27H,10,12,15-16,20H2,1-8H3,(H,37,39,43)/t21-,27?/m0/s1. The van der Waals surface area contributed by atoms with Gasteiger partial charge in [0, 0.05) is 37.3 Å². The summed E-state index contributed by atoms with van der Waals surface area (Å²) in [6.45, 7) is 17.8. The Morgan fingerprint density at radius 3 is 2.50 bits per heavy atom. The highest BCUT2D eigenvalue weighted by atomic mass is 28.4. The number of benzene rings is 1. The first-order valence-corrected chi connectivity index (χ1v) is 19.0. The molecule has 2 atom stereocenters. The molecule has 1 saturated heterocycles. The summed E-state index contributed by atoms with van der Waals surface area (Å²) in [5.74, 6) is -2.11. The second-order valence-corrected chi connectivity index (χ2v) is 19.4. The molecule has 3 aromatic rings. The molecule has 1 N–H and O–H groups in total. The number of piperazine rings is 1. The van der Waals surface area contributed by atoms with E-state index >= 15 is 0 Å². The van der Waals surface area contributed by atoms with Crippen LogP contribution in [0.5, 0.6) is 11.6 Å². The Balaban J connectivity index is 1.23. The highest BCUT2D eigenvalue weighted by Crippen LogP contribution is 2.43. The van der Waals surface area contributed by atoms with Crippen molar-refractivity contribution in [3.8, 4) is 11.6 Å². The van der Waals surface area contributed by atoms with Gasteiger partial charge in [-0.25, -0.2) is 18.7 Å². The van der Waals surface area contributed by atoms with Crippen molar-refractivity contribution in [3.63, 3.8) is 0 Å². The van der Waals surface area contributed by atoms with Crippen LogP contribution in [0, 0.1) is 16.8 Å². The number of fused-ring (bicyclic) bond motifs is 1. The van der Waals surface area contributed by atoms with E-state index in [4.69, 9.17) is 9.16 Å². The number of aromatic nitrogens is 3. The van der Waals surface area contributed by atoms with Crippen LogP contribution in [-0.2, 0) is 15.6 Å². The maximum atomic E-state index is 14.1. The predicted molar refractivity (Wildman–Crippen MR) is 178 cm³/mol. The van der Waals surface area contributed by atoms with Crippen LogP contribution in [0.3, 0.4) is 0 Å². The Hall–Kier alpha value is -4.01. The van der Waals surface area contributed by atoms with Gasteiger partial charge in [0.1, 0.15) is 11.9 Å². The lowest BCUT2D eigenvalue weighted by atomic mass is 9.95. The molecule has 5 rings (SSSR count). The monoisotopic (exact) mass is 682 g/mol. The van der Waals surface area contributed by atoms with E-state index in [9.17, 15) is 23.6 Å². The van der Waals surface area contributed by atoms with Crippen LogP contribution in [0.4, 0.5) is 14.6 Å². The molecule has 1 aromatic carbocycles. The zero-order chi connectivity index (χ0) is 35.2. The number of carbonyl (C=O) groups is 2. The van der Waals surface area contributed by atoms with E-state index in [-0.39, 0.29) is 40.4 Å². The predicted octanol–water partition coefficient (Wildman–Crippen LogP) is 5.75. The molecular formula is C34H44F2N6O5Si. The van der Waals surface area contributed by atoms with Crippen LogP contribution in [0.15, 0.2) is 42.9 Å². The quantitative estimate of drug-likeness (QED) is 0.181. The molecule has 2 amide bonds. The van der Waals surface area contributed by atoms with Gasteiger partial charge in [0.05, 0.1) is 29.5 Å². The molecule has 2 aromatic heterocycles. The fraction of sp³-hybridized carbons (Fsp3) is 0.500. The Morgan fingerprint density at radius 1 is 1.15 bits per heavy atom. The summed E-state index contributed by atoms with van der Waals surface area (Å²) >= 11 is 0. The minimum atomic E-state index is -2.16. The van der Waals surface area contributed by atoms with Crippen LogP contribution < -0.4 is 14.8 Å². The molecule has 1 aliphatic heterocycles. The van der Waals surface area contributed by atoms with E-state index in [1.807, 2.05) is 23.6 Å². The van der Waals surface area contributed by atoms with Gasteiger partial charge < -0.3 is 24.6 Å². The van der Waals surface area contributed by atoms with Gasteiger partial charge in [-0.3, -0.25) is 14.5 Å². The Labute approximate surface area is 281 Å². The number of pyridine rings is 1. The smallest absolute Gasteiger partial charge is 0.255 e. The van der Waals surface area contributed by atoms with Gasteiger partial charge in [-0.05, 0) is 63.9 Å². The van der Waals surface area contributed by atoms with Crippen LogP contribution in [0.2, 0.25) is 18.1 Å². The minimum Gasteiger partial charge on any atom is -0.618 e. The molecule has 0 radical (unpaired) electrons. The fourth-order valence-electron chi connectivity index (χ4n) is 6.00. The van der Waals surface area contributed by atoms with Crippen molar-refractivity contribution in [2.45, 2.75) is 90.2 Å². The van der Waals surface area contributed by atoms with Gasteiger partial charge in [0.15, 0.2) is 31.9 Å². The summed E-state index contributed by atoms with van der Waals surface area (Å²) in [6, 6.07) is 3.98. The molecule has 48 heavy (non-hydrogen) atoms. The van der Waals surface area contributed by atoms with Crippen LogP contribution in [0.1, 0.15) is 75.7 Å². The van der Waals surface area contributed by atoms with Gasteiger partial charge in [-0.15, -0.1) is 0 Å². The summed E-state index contributed by atoms with van der Waals surface area (Å²) in [4.78, 5) is 39.3. The summed E-state index contributed by atoms with van der Waals surface area (Å²) in [6.07, 6.45) is 4.83. The second-order valence-electron chi connectivity index (χ2n) is 14.6. The lowest BCUT2D eigenvalue weighted by Gasteiger charge is -2.48. The zero-order valence-corrected chi connectivity index (χ0v) is 29.8. The first-order chi connectivity index (χ1) is 22.4. The van der Waals surface area contributed by atoms with Crippen LogP contribution in [0.25, 0.3) is 0 Å². The van der Waals surface area contributed by atoms with Crippen molar-refractivity contribution >= 4 is 25.9 Å². The summed E-state index contributed by atoms with van der Waals surface area (Å²) in [5.41, 5.74) is 1.20. The molecule has 0 saturated carbocycles. The lowest BCUT2D eigenvalue weighted by molar-refractivity contribution is -0.617. The van der Waals surface area contributed by atoms with Gasteiger partial charge in [0.2, 0.25) is 17.5 Å². The SMILES string of the molecule is C[C@@H](C(=O)Nc1cnc(Oc2ccc(F)cc2F)cn1)N1CCN(C(=O)c2cc[n+]([O-])c3c2CCC3O[Si](C)(C)C(C)(C)C)C(C)(C)C1. The summed E-state index contributed by atoms with van der Waals surface area (Å²) in [5, 5.41) is 15.7. The third-order valence-electron chi connectivity index (χ3n) is 9.78. The molecule has 1 aliphatic carbocycles. The molecule has 11 nitrogen and oxygen atoms in total. The number of halogens is 2. The van der Waals surface area contributed by atoms with Crippen molar-refractivity contribution in [1.82, 2.24) is 19.8 Å². The zero-order valence-electron chi connectivity index (χ0n) is 28.8. The third-order valence-corrected chi connectivity index (χ3v) is 14.3.